The van der Waals surface area contributed by atoms with Gasteiger partial charge >= 0.3 is 5.97 Å². The molecule has 4 heteroatoms. The molecule has 0 aromatic heterocycles. The van der Waals surface area contributed by atoms with Crippen LogP contribution in [0, 0.1) is 5.92 Å². The minimum Gasteiger partial charge on any atom is -0.481 e. The number of hydrogen-bond donors (Lipinski definition) is 2. The first kappa shape index (κ1) is 15.2. The van der Waals surface area contributed by atoms with E-state index in [4.69, 9.17) is 10.8 Å². The second-order valence-corrected chi connectivity index (χ2v) is 3.49. The van der Waals surface area contributed by atoms with Crippen molar-refractivity contribution < 1.29 is 9.90 Å². The van der Waals surface area contributed by atoms with Gasteiger partial charge in [0.1, 0.15) is 0 Å². The molecule has 0 aromatic rings. The zero-order chi connectivity index (χ0) is 9.56. The molecule has 0 amide bonds. The highest BCUT2D eigenvalue weighted by Gasteiger charge is 2.11. The third-order valence-electron chi connectivity index (χ3n) is 1.92. The molecule has 1 unspecified atom stereocenters. The number of aliphatic carboxylic acids is 1. The van der Waals surface area contributed by atoms with E-state index in [0.29, 0.717) is 5.92 Å². The predicted octanol–water partition coefficient (Wildman–Crippen LogP) is 2.04. The second kappa shape index (κ2) is 8.32. The first-order chi connectivity index (χ1) is 5.56. The summed E-state index contributed by atoms with van der Waals surface area (Å²) in [6.07, 6.45) is 3.18. The highest BCUT2D eigenvalue weighted by molar-refractivity contribution is 5.85. The molecule has 2 atom stereocenters. The van der Waals surface area contributed by atoms with Gasteiger partial charge in [-0.05, 0) is 12.3 Å². The predicted molar refractivity (Wildman–Crippen MR) is 56.2 cm³/mol. The fourth-order valence-electron chi connectivity index (χ4n) is 1.44. The average Bonchev–Trinajstić information content (AvgIpc) is 1.84. The van der Waals surface area contributed by atoms with Crippen molar-refractivity contribution in [3.05, 3.63) is 0 Å². The maximum Gasteiger partial charge on any atom is 0.304 e. The summed E-state index contributed by atoms with van der Waals surface area (Å²) in [7, 11) is 0. The molecule has 0 spiro atoms. The standard InChI is InChI=1S/C9H19NO2.ClH/c1-3-4-7(2)5-8(10)6-9(11)12;/h7-8H,3-6,10H2,1-2H3,(H,11,12);1H/t7?,8-;/m0./s1. The van der Waals surface area contributed by atoms with E-state index >= 15 is 0 Å². The van der Waals surface area contributed by atoms with Crippen molar-refractivity contribution in [3.8, 4) is 0 Å². The van der Waals surface area contributed by atoms with Crippen LogP contribution in [0.1, 0.15) is 39.5 Å². The minimum atomic E-state index is -0.800. The molecule has 0 rings (SSSR count). The zero-order valence-corrected chi connectivity index (χ0v) is 9.14. The van der Waals surface area contributed by atoms with E-state index in [9.17, 15) is 4.79 Å². The molecule has 3 nitrogen and oxygen atoms in total. The first-order valence-corrected chi connectivity index (χ1v) is 4.53. The summed E-state index contributed by atoms with van der Waals surface area (Å²) in [6, 6.07) is -0.177. The third kappa shape index (κ3) is 9.64. The Morgan fingerprint density at radius 1 is 1.54 bits per heavy atom. The van der Waals surface area contributed by atoms with Crippen molar-refractivity contribution in [2.24, 2.45) is 11.7 Å². The Kier molecular flexibility index (Phi) is 9.74. The maximum atomic E-state index is 10.3. The van der Waals surface area contributed by atoms with E-state index in [2.05, 4.69) is 13.8 Å². The molecule has 0 bridgehead atoms. The molecule has 0 saturated heterocycles. The summed E-state index contributed by atoms with van der Waals surface area (Å²) in [5, 5.41) is 8.45. The van der Waals surface area contributed by atoms with Crippen molar-refractivity contribution in [1.29, 1.82) is 0 Å². The maximum absolute atomic E-state index is 10.3. The minimum absolute atomic E-state index is 0. The molecule has 3 N–H and O–H groups in total. The molecule has 0 fully saturated rings. The first-order valence-electron chi connectivity index (χ1n) is 4.53. The van der Waals surface area contributed by atoms with E-state index in [1.54, 1.807) is 0 Å². The summed E-state index contributed by atoms with van der Waals surface area (Å²) in [6.45, 7) is 4.24. The Labute approximate surface area is 86.1 Å². The molecule has 0 aliphatic heterocycles. The van der Waals surface area contributed by atoms with Crippen LogP contribution in [0.5, 0.6) is 0 Å². The van der Waals surface area contributed by atoms with E-state index in [-0.39, 0.29) is 24.9 Å². The molecular formula is C9H20ClNO2. The Morgan fingerprint density at radius 3 is 2.46 bits per heavy atom. The van der Waals surface area contributed by atoms with Crippen LogP contribution in [0.4, 0.5) is 0 Å². The molecule has 0 saturated carbocycles. The molecule has 0 heterocycles. The van der Waals surface area contributed by atoms with Gasteiger partial charge in [0.05, 0.1) is 6.42 Å². The summed E-state index contributed by atoms with van der Waals surface area (Å²) in [4.78, 5) is 10.3. The summed E-state index contributed by atoms with van der Waals surface area (Å²) >= 11 is 0. The van der Waals surface area contributed by atoms with E-state index in [1.807, 2.05) is 0 Å². The highest BCUT2D eigenvalue weighted by atomic mass is 35.5. The fraction of sp³-hybridized carbons (Fsp3) is 0.889. The molecular weight excluding hydrogens is 190 g/mol. The van der Waals surface area contributed by atoms with Crippen molar-refractivity contribution in [2.45, 2.75) is 45.6 Å². The van der Waals surface area contributed by atoms with Crippen LogP contribution < -0.4 is 5.73 Å². The van der Waals surface area contributed by atoms with Crippen molar-refractivity contribution >= 4 is 18.4 Å². The van der Waals surface area contributed by atoms with Gasteiger partial charge in [-0.2, -0.15) is 0 Å². The Hall–Kier alpha value is -0.280. The topological polar surface area (TPSA) is 63.3 Å². The largest absolute Gasteiger partial charge is 0.481 e. The fourth-order valence-corrected chi connectivity index (χ4v) is 1.44. The molecule has 0 aliphatic carbocycles. The quantitative estimate of drug-likeness (QED) is 0.704. The van der Waals surface area contributed by atoms with Gasteiger partial charge in [-0.15, -0.1) is 12.4 Å². The highest BCUT2D eigenvalue weighted by Crippen LogP contribution is 2.12. The van der Waals surface area contributed by atoms with Crippen molar-refractivity contribution in [1.82, 2.24) is 0 Å². The molecule has 0 aromatic carbocycles. The third-order valence-corrected chi connectivity index (χ3v) is 1.92. The molecule has 80 valence electrons. The molecule has 13 heavy (non-hydrogen) atoms. The van der Waals surface area contributed by atoms with Crippen LogP contribution in [0.2, 0.25) is 0 Å². The number of hydrogen-bond acceptors (Lipinski definition) is 2. The molecule has 0 aliphatic rings. The Balaban J connectivity index is 0. The number of rotatable bonds is 6. The van der Waals surface area contributed by atoms with Gasteiger partial charge in [0, 0.05) is 6.04 Å². The Bertz CT molecular complexity index is 142. The number of nitrogens with two attached hydrogens (primary N) is 1. The SMILES string of the molecule is CCCC(C)C[C@H](N)CC(=O)O.Cl. The lowest BCUT2D eigenvalue weighted by Gasteiger charge is -2.14. The normalized spacial score (nSPS) is 14.4. The van der Waals surface area contributed by atoms with Gasteiger partial charge in [0.25, 0.3) is 0 Å². The number of halogens is 1. The monoisotopic (exact) mass is 209 g/mol. The lowest BCUT2D eigenvalue weighted by Crippen LogP contribution is -2.25. The smallest absolute Gasteiger partial charge is 0.304 e. The van der Waals surface area contributed by atoms with Gasteiger partial charge in [0.15, 0.2) is 0 Å². The summed E-state index contributed by atoms with van der Waals surface area (Å²) in [5.74, 6) is -0.254. The lowest BCUT2D eigenvalue weighted by atomic mass is 9.96. The average molecular weight is 210 g/mol. The van der Waals surface area contributed by atoms with Crippen LogP contribution >= 0.6 is 12.4 Å². The van der Waals surface area contributed by atoms with Crippen LogP contribution in [-0.4, -0.2) is 17.1 Å². The lowest BCUT2D eigenvalue weighted by molar-refractivity contribution is -0.137. The van der Waals surface area contributed by atoms with Crippen LogP contribution in [0.25, 0.3) is 0 Å². The van der Waals surface area contributed by atoms with Gasteiger partial charge in [0.2, 0.25) is 0 Å². The second-order valence-electron chi connectivity index (χ2n) is 3.49. The number of carboxylic acids is 1. The summed E-state index contributed by atoms with van der Waals surface area (Å²) < 4.78 is 0. The van der Waals surface area contributed by atoms with Gasteiger partial charge in [-0.3, -0.25) is 4.79 Å². The van der Waals surface area contributed by atoms with Crippen LogP contribution in [0.15, 0.2) is 0 Å². The van der Waals surface area contributed by atoms with E-state index < -0.39 is 5.97 Å². The number of carboxylic acid groups (broad SMARTS) is 1. The zero-order valence-electron chi connectivity index (χ0n) is 8.32. The van der Waals surface area contributed by atoms with Gasteiger partial charge in [-0.1, -0.05) is 26.7 Å². The van der Waals surface area contributed by atoms with E-state index in [0.717, 1.165) is 19.3 Å². The van der Waals surface area contributed by atoms with Crippen LogP contribution in [0.3, 0.4) is 0 Å². The Morgan fingerprint density at radius 2 is 2.08 bits per heavy atom. The van der Waals surface area contributed by atoms with Crippen LogP contribution in [-0.2, 0) is 4.79 Å². The van der Waals surface area contributed by atoms with Gasteiger partial charge in [-0.25, -0.2) is 0 Å². The summed E-state index contributed by atoms with van der Waals surface area (Å²) in [5.41, 5.74) is 5.62. The van der Waals surface area contributed by atoms with Crippen molar-refractivity contribution in [3.63, 3.8) is 0 Å². The van der Waals surface area contributed by atoms with Gasteiger partial charge < -0.3 is 10.8 Å². The van der Waals surface area contributed by atoms with E-state index in [1.165, 1.54) is 0 Å². The number of carbonyl (C=O) groups is 1. The van der Waals surface area contributed by atoms with Crippen molar-refractivity contribution in [2.75, 3.05) is 0 Å². The molecule has 0 radical (unpaired) electrons.